The first-order valence-corrected chi connectivity index (χ1v) is 6.04. The third kappa shape index (κ3) is 2.68. The van der Waals surface area contributed by atoms with Crippen LogP contribution in [0.25, 0.3) is 10.8 Å². The van der Waals surface area contributed by atoms with E-state index >= 15 is 0 Å². The molecule has 2 aromatic carbocycles. The molecule has 0 radical (unpaired) electrons. The van der Waals surface area contributed by atoms with E-state index in [4.69, 9.17) is 10.8 Å². The fourth-order valence-corrected chi connectivity index (χ4v) is 2.23. The summed E-state index contributed by atoms with van der Waals surface area (Å²) in [5, 5.41) is 11.2. The smallest absolute Gasteiger partial charge is 0.304 e. The zero-order valence-electron chi connectivity index (χ0n) is 10.3. The third-order valence-electron chi connectivity index (χ3n) is 3.23. The maximum absolute atomic E-state index is 10.9. The maximum Gasteiger partial charge on any atom is 0.304 e. The zero-order chi connectivity index (χ0) is 13.1. The molecule has 18 heavy (non-hydrogen) atoms. The molecule has 0 bridgehead atoms. The van der Waals surface area contributed by atoms with Crippen molar-refractivity contribution in [2.24, 2.45) is 5.73 Å². The van der Waals surface area contributed by atoms with E-state index in [0.29, 0.717) is 0 Å². The Morgan fingerprint density at radius 3 is 2.50 bits per heavy atom. The number of hydrogen-bond donors (Lipinski definition) is 2. The fraction of sp³-hybridized carbons (Fsp3) is 0.267. The molecule has 0 saturated heterocycles. The van der Waals surface area contributed by atoms with Crippen molar-refractivity contribution in [2.75, 3.05) is 0 Å². The highest BCUT2D eigenvalue weighted by Gasteiger charge is 2.19. The lowest BCUT2D eigenvalue weighted by Crippen LogP contribution is -2.26. The molecule has 0 aromatic heterocycles. The molecule has 0 saturated carbocycles. The Morgan fingerprint density at radius 2 is 1.89 bits per heavy atom. The van der Waals surface area contributed by atoms with Gasteiger partial charge in [-0.25, -0.2) is 0 Å². The molecule has 3 heteroatoms. The molecule has 2 unspecified atom stereocenters. The molecular weight excluding hydrogens is 226 g/mol. The van der Waals surface area contributed by atoms with Crippen LogP contribution in [0.15, 0.2) is 42.5 Å². The van der Waals surface area contributed by atoms with Gasteiger partial charge >= 0.3 is 5.97 Å². The van der Waals surface area contributed by atoms with Gasteiger partial charge in [0.25, 0.3) is 0 Å². The lowest BCUT2D eigenvalue weighted by atomic mass is 9.88. The van der Waals surface area contributed by atoms with Crippen LogP contribution in [0.3, 0.4) is 0 Å². The monoisotopic (exact) mass is 243 g/mol. The normalized spacial score (nSPS) is 14.3. The number of carboxylic acid groups (broad SMARTS) is 1. The molecule has 0 aliphatic carbocycles. The lowest BCUT2D eigenvalue weighted by molar-refractivity contribution is -0.137. The van der Waals surface area contributed by atoms with Crippen molar-refractivity contribution in [3.63, 3.8) is 0 Å². The Bertz CT molecular complexity index is 563. The number of benzene rings is 2. The molecule has 0 heterocycles. The molecule has 2 atom stereocenters. The number of carbonyl (C=O) groups is 1. The van der Waals surface area contributed by atoms with Crippen LogP contribution in [0, 0.1) is 0 Å². The minimum Gasteiger partial charge on any atom is -0.481 e. The van der Waals surface area contributed by atoms with Crippen molar-refractivity contribution in [3.8, 4) is 0 Å². The van der Waals surface area contributed by atoms with Crippen LogP contribution in [0.2, 0.25) is 0 Å². The van der Waals surface area contributed by atoms with E-state index < -0.39 is 5.97 Å². The van der Waals surface area contributed by atoms with Crippen LogP contribution < -0.4 is 5.73 Å². The quantitative estimate of drug-likeness (QED) is 0.867. The van der Waals surface area contributed by atoms with E-state index in [1.165, 1.54) is 0 Å². The highest BCUT2D eigenvalue weighted by atomic mass is 16.4. The molecule has 3 N–H and O–H groups in total. The second-order valence-electron chi connectivity index (χ2n) is 4.67. The van der Waals surface area contributed by atoms with Crippen molar-refractivity contribution >= 4 is 16.7 Å². The van der Waals surface area contributed by atoms with Gasteiger partial charge < -0.3 is 10.8 Å². The second-order valence-corrected chi connectivity index (χ2v) is 4.67. The van der Waals surface area contributed by atoms with Gasteiger partial charge in [-0.3, -0.25) is 4.79 Å². The summed E-state index contributed by atoms with van der Waals surface area (Å²) in [7, 11) is 0. The number of carboxylic acids is 1. The summed E-state index contributed by atoms with van der Waals surface area (Å²) in [6.45, 7) is 1.85. The topological polar surface area (TPSA) is 63.3 Å². The molecular formula is C15H17NO2. The van der Waals surface area contributed by atoms with Crippen LogP contribution in [0.5, 0.6) is 0 Å². The van der Waals surface area contributed by atoms with Crippen molar-refractivity contribution < 1.29 is 9.90 Å². The van der Waals surface area contributed by atoms with E-state index in [9.17, 15) is 4.79 Å². The van der Waals surface area contributed by atoms with Gasteiger partial charge in [0.15, 0.2) is 0 Å². The Morgan fingerprint density at radius 1 is 1.22 bits per heavy atom. The Hall–Kier alpha value is -1.87. The minimum absolute atomic E-state index is 0.0655. The Kier molecular flexibility index (Phi) is 3.63. The van der Waals surface area contributed by atoms with Crippen molar-refractivity contribution in [1.82, 2.24) is 0 Å². The summed E-state index contributed by atoms with van der Waals surface area (Å²) in [4.78, 5) is 10.9. The van der Waals surface area contributed by atoms with Crippen LogP contribution in [-0.2, 0) is 4.79 Å². The standard InChI is InChI=1S/C15H17NO2/c1-10(16)14(9-15(17)18)13-7-6-11-4-2-3-5-12(11)8-13/h2-8,10,14H,9,16H2,1H3,(H,17,18). The number of fused-ring (bicyclic) bond motifs is 1. The van der Waals surface area contributed by atoms with Gasteiger partial charge in [-0.05, 0) is 23.3 Å². The summed E-state index contributed by atoms with van der Waals surface area (Å²) >= 11 is 0. The second kappa shape index (κ2) is 5.19. The first-order valence-electron chi connectivity index (χ1n) is 6.04. The van der Waals surface area contributed by atoms with Crippen molar-refractivity contribution in [3.05, 3.63) is 48.0 Å². The highest BCUT2D eigenvalue weighted by Crippen LogP contribution is 2.26. The molecule has 0 spiro atoms. The Balaban J connectivity index is 2.41. The largest absolute Gasteiger partial charge is 0.481 e. The number of nitrogens with two attached hydrogens (primary N) is 1. The molecule has 0 aliphatic rings. The summed E-state index contributed by atoms with van der Waals surface area (Å²) in [5.74, 6) is -0.961. The van der Waals surface area contributed by atoms with E-state index in [0.717, 1.165) is 16.3 Å². The predicted octanol–water partition coefficient (Wildman–Crippen LogP) is 2.75. The zero-order valence-corrected chi connectivity index (χ0v) is 10.3. The summed E-state index contributed by atoms with van der Waals surface area (Å²) in [5.41, 5.74) is 6.89. The van der Waals surface area contributed by atoms with Crippen molar-refractivity contribution in [1.29, 1.82) is 0 Å². The van der Waals surface area contributed by atoms with Crippen LogP contribution >= 0.6 is 0 Å². The summed E-state index contributed by atoms with van der Waals surface area (Å²) in [6.07, 6.45) is 0.0655. The average Bonchev–Trinajstić information content (AvgIpc) is 2.35. The average molecular weight is 243 g/mol. The third-order valence-corrected chi connectivity index (χ3v) is 3.23. The molecule has 94 valence electrons. The maximum atomic E-state index is 10.9. The molecule has 0 aliphatic heterocycles. The van der Waals surface area contributed by atoms with E-state index in [2.05, 4.69) is 0 Å². The molecule has 0 amide bonds. The first-order chi connectivity index (χ1) is 8.58. The summed E-state index contributed by atoms with van der Waals surface area (Å²) < 4.78 is 0. The van der Waals surface area contributed by atoms with Crippen molar-refractivity contribution in [2.45, 2.75) is 25.3 Å². The minimum atomic E-state index is -0.814. The van der Waals surface area contributed by atoms with Gasteiger partial charge in [0.1, 0.15) is 0 Å². The Labute approximate surface area is 106 Å². The van der Waals surface area contributed by atoms with Crippen LogP contribution in [0.1, 0.15) is 24.8 Å². The summed E-state index contributed by atoms with van der Waals surface area (Å²) in [6, 6.07) is 13.9. The molecule has 3 nitrogen and oxygen atoms in total. The SMILES string of the molecule is CC(N)C(CC(=O)O)c1ccc2ccccc2c1. The van der Waals surface area contributed by atoms with Gasteiger partial charge in [-0.2, -0.15) is 0 Å². The van der Waals surface area contributed by atoms with Crippen LogP contribution in [0.4, 0.5) is 0 Å². The predicted molar refractivity (Wildman–Crippen MR) is 72.6 cm³/mol. The van der Waals surface area contributed by atoms with E-state index in [1.807, 2.05) is 49.4 Å². The number of aliphatic carboxylic acids is 1. The van der Waals surface area contributed by atoms with E-state index in [1.54, 1.807) is 0 Å². The van der Waals surface area contributed by atoms with Gasteiger partial charge in [0, 0.05) is 12.0 Å². The van der Waals surface area contributed by atoms with Gasteiger partial charge in [0.05, 0.1) is 6.42 Å². The molecule has 2 aromatic rings. The number of hydrogen-bond acceptors (Lipinski definition) is 2. The van der Waals surface area contributed by atoms with Gasteiger partial charge in [-0.15, -0.1) is 0 Å². The van der Waals surface area contributed by atoms with Gasteiger partial charge in [-0.1, -0.05) is 42.5 Å². The van der Waals surface area contributed by atoms with E-state index in [-0.39, 0.29) is 18.4 Å². The first kappa shape index (κ1) is 12.6. The lowest BCUT2D eigenvalue weighted by Gasteiger charge is -2.19. The van der Waals surface area contributed by atoms with Gasteiger partial charge in [0.2, 0.25) is 0 Å². The molecule has 0 fully saturated rings. The number of rotatable bonds is 4. The van der Waals surface area contributed by atoms with Crippen LogP contribution in [-0.4, -0.2) is 17.1 Å². The highest BCUT2D eigenvalue weighted by molar-refractivity contribution is 5.83. The fourth-order valence-electron chi connectivity index (χ4n) is 2.23. The molecule has 2 rings (SSSR count).